The lowest BCUT2D eigenvalue weighted by molar-refractivity contribution is -0.161. The van der Waals surface area contributed by atoms with Crippen molar-refractivity contribution in [2.24, 2.45) is 5.92 Å². The van der Waals surface area contributed by atoms with Crippen LogP contribution in [0.4, 0.5) is 17.6 Å². The van der Waals surface area contributed by atoms with Crippen molar-refractivity contribution in [3.63, 3.8) is 0 Å². The van der Waals surface area contributed by atoms with E-state index in [2.05, 4.69) is 9.84 Å². The van der Waals surface area contributed by atoms with Crippen LogP contribution in [0.3, 0.4) is 0 Å². The lowest BCUT2D eigenvalue weighted by atomic mass is 10.1. The molecule has 1 fully saturated rings. The van der Waals surface area contributed by atoms with Crippen LogP contribution in [0.2, 0.25) is 0 Å². The predicted octanol–water partition coefficient (Wildman–Crippen LogP) is 3.62. The van der Waals surface area contributed by atoms with E-state index in [4.69, 9.17) is 0 Å². The summed E-state index contributed by atoms with van der Waals surface area (Å²) in [7, 11) is 0. The van der Waals surface area contributed by atoms with Gasteiger partial charge in [-0.1, -0.05) is 0 Å². The molecular weight excluding hydrogens is 264 g/mol. The SMILES string of the molecule is Cc1cn(CC2CCC(F)(F)C2)nc1OC(C)(F)F. The summed E-state index contributed by atoms with van der Waals surface area (Å²) in [5, 5.41) is 3.88. The second kappa shape index (κ2) is 4.68. The number of alkyl halides is 4. The molecule has 1 atom stereocenters. The third-order valence-electron chi connectivity index (χ3n) is 3.13. The highest BCUT2D eigenvalue weighted by Crippen LogP contribution is 2.39. The second-order valence-corrected chi connectivity index (χ2v) is 5.21. The first kappa shape index (κ1) is 14.1. The van der Waals surface area contributed by atoms with Crippen LogP contribution in [0.25, 0.3) is 0 Å². The number of nitrogens with zero attached hydrogens (tertiary/aromatic N) is 2. The van der Waals surface area contributed by atoms with Gasteiger partial charge in [0.2, 0.25) is 11.8 Å². The number of aryl methyl sites for hydroxylation is 1. The summed E-state index contributed by atoms with van der Waals surface area (Å²) < 4.78 is 57.4. The van der Waals surface area contributed by atoms with Gasteiger partial charge in [0.1, 0.15) is 0 Å². The molecule has 0 radical (unpaired) electrons. The highest BCUT2D eigenvalue weighted by molar-refractivity contribution is 5.21. The summed E-state index contributed by atoms with van der Waals surface area (Å²) in [6, 6.07) is 0. The van der Waals surface area contributed by atoms with Crippen LogP contribution in [0.5, 0.6) is 5.88 Å². The van der Waals surface area contributed by atoms with Gasteiger partial charge in [-0.05, 0) is 19.3 Å². The van der Waals surface area contributed by atoms with Crippen LogP contribution in [0.1, 0.15) is 31.7 Å². The topological polar surface area (TPSA) is 27.1 Å². The third kappa shape index (κ3) is 3.84. The molecule has 1 saturated carbocycles. The quantitative estimate of drug-likeness (QED) is 0.788. The van der Waals surface area contributed by atoms with E-state index in [1.54, 1.807) is 6.92 Å². The number of halogens is 4. The molecule has 1 aromatic rings. The Labute approximate surface area is 108 Å². The number of aromatic nitrogens is 2. The lowest BCUT2D eigenvalue weighted by Crippen LogP contribution is -2.20. The zero-order valence-corrected chi connectivity index (χ0v) is 10.8. The molecule has 1 aliphatic rings. The average molecular weight is 280 g/mol. The highest BCUT2D eigenvalue weighted by Gasteiger charge is 2.39. The molecular formula is C12H16F4N2O. The molecule has 108 valence electrons. The van der Waals surface area contributed by atoms with E-state index in [0.717, 1.165) is 0 Å². The summed E-state index contributed by atoms with van der Waals surface area (Å²) in [6.45, 7) is 2.52. The molecule has 0 aliphatic heterocycles. The number of ether oxygens (including phenoxy) is 1. The van der Waals surface area contributed by atoms with Gasteiger partial charge in [0, 0.05) is 38.1 Å². The fourth-order valence-corrected chi connectivity index (χ4v) is 2.33. The number of rotatable bonds is 4. The molecule has 1 aromatic heterocycles. The second-order valence-electron chi connectivity index (χ2n) is 5.21. The fraction of sp³-hybridized carbons (Fsp3) is 0.750. The van der Waals surface area contributed by atoms with Gasteiger partial charge in [-0.15, -0.1) is 5.10 Å². The minimum Gasteiger partial charge on any atom is -0.413 e. The predicted molar refractivity (Wildman–Crippen MR) is 60.5 cm³/mol. The van der Waals surface area contributed by atoms with Gasteiger partial charge in [0.05, 0.1) is 0 Å². The Morgan fingerprint density at radius 1 is 1.53 bits per heavy atom. The molecule has 1 heterocycles. The van der Waals surface area contributed by atoms with Gasteiger partial charge in [-0.25, -0.2) is 8.78 Å². The minimum atomic E-state index is -3.30. The summed E-state index contributed by atoms with van der Waals surface area (Å²) in [6.07, 6.45) is -1.63. The maximum Gasteiger partial charge on any atom is 0.396 e. The van der Waals surface area contributed by atoms with E-state index in [-0.39, 0.29) is 24.6 Å². The molecule has 0 amide bonds. The highest BCUT2D eigenvalue weighted by atomic mass is 19.3. The monoisotopic (exact) mass is 280 g/mol. The Morgan fingerprint density at radius 3 is 2.74 bits per heavy atom. The molecule has 19 heavy (non-hydrogen) atoms. The van der Waals surface area contributed by atoms with E-state index >= 15 is 0 Å². The lowest BCUT2D eigenvalue weighted by Gasteiger charge is -2.11. The molecule has 3 nitrogen and oxygen atoms in total. The third-order valence-corrected chi connectivity index (χ3v) is 3.13. The average Bonchev–Trinajstić information content (AvgIpc) is 2.69. The van der Waals surface area contributed by atoms with Gasteiger partial charge in [-0.3, -0.25) is 4.68 Å². The zero-order valence-electron chi connectivity index (χ0n) is 10.8. The Bertz CT molecular complexity index is 453. The van der Waals surface area contributed by atoms with E-state index < -0.39 is 12.0 Å². The van der Waals surface area contributed by atoms with Gasteiger partial charge in [-0.2, -0.15) is 8.78 Å². The van der Waals surface area contributed by atoms with Gasteiger partial charge >= 0.3 is 6.11 Å². The van der Waals surface area contributed by atoms with E-state index in [9.17, 15) is 17.6 Å². The van der Waals surface area contributed by atoms with Crippen LogP contribution >= 0.6 is 0 Å². The van der Waals surface area contributed by atoms with Crippen LogP contribution in [0.15, 0.2) is 6.20 Å². The minimum absolute atomic E-state index is 0.117. The van der Waals surface area contributed by atoms with E-state index in [0.29, 0.717) is 25.5 Å². The first-order chi connectivity index (χ1) is 8.65. The first-order valence-corrected chi connectivity index (χ1v) is 6.13. The van der Waals surface area contributed by atoms with Crippen molar-refractivity contribution in [3.8, 4) is 5.88 Å². The Kier molecular flexibility index (Phi) is 3.49. The smallest absolute Gasteiger partial charge is 0.396 e. The van der Waals surface area contributed by atoms with Crippen molar-refractivity contribution in [2.75, 3.05) is 0 Å². The van der Waals surface area contributed by atoms with Crippen molar-refractivity contribution in [1.29, 1.82) is 0 Å². The summed E-state index contributed by atoms with van der Waals surface area (Å²) in [4.78, 5) is 0. The van der Waals surface area contributed by atoms with E-state index in [1.165, 1.54) is 10.9 Å². The van der Waals surface area contributed by atoms with Crippen molar-refractivity contribution in [3.05, 3.63) is 11.8 Å². The molecule has 7 heteroatoms. The van der Waals surface area contributed by atoms with Crippen molar-refractivity contribution in [1.82, 2.24) is 9.78 Å². The molecule has 0 aromatic carbocycles. The Hall–Kier alpha value is -1.27. The summed E-state index contributed by atoms with van der Waals surface area (Å²) in [5.74, 6) is -2.94. The largest absolute Gasteiger partial charge is 0.413 e. The van der Waals surface area contributed by atoms with Gasteiger partial charge < -0.3 is 4.74 Å². The molecule has 1 unspecified atom stereocenters. The number of hydrogen-bond donors (Lipinski definition) is 0. The maximum absolute atomic E-state index is 13.1. The molecule has 1 aliphatic carbocycles. The summed E-state index contributed by atoms with van der Waals surface area (Å²) >= 11 is 0. The summed E-state index contributed by atoms with van der Waals surface area (Å²) in [5.41, 5.74) is 0.464. The Balaban J connectivity index is 2.01. The molecule has 0 spiro atoms. The normalized spacial score (nSPS) is 22.7. The van der Waals surface area contributed by atoms with Crippen LogP contribution in [0, 0.1) is 12.8 Å². The van der Waals surface area contributed by atoms with Gasteiger partial charge in [0.25, 0.3) is 0 Å². The molecule has 0 N–H and O–H groups in total. The zero-order chi connectivity index (χ0) is 14.3. The maximum atomic E-state index is 13.1. The van der Waals surface area contributed by atoms with Crippen LogP contribution in [-0.2, 0) is 6.54 Å². The molecule has 0 bridgehead atoms. The van der Waals surface area contributed by atoms with Gasteiger partial charge in [0.15, 0.2) is 0 Å². The van der Waals surface area contributed by atoms with Crippen molar-refractivity contribution in [2.45, 2.75) is 51.7 Å². The van der Waals surface area contributed by atoms with Crippen molar-refractivity contribution >= 4 is 0 Å². The van der Waals surface area contributed by atoms with Crippen molar-refractivity contribution < 1.29 is 22.3 Å². The molecule has 0 saturated heterocycles. The van der Waals surface area contributed by atoms with Crippen LogP contribution in [-0.4, -0.2) is 21.8 Å². The van der Waals surface area contributed by atoms with Crippen LogP contribution < -0.4 is 4.74 Å². The first-order valence-electron chi connectivity index (χ1n) is 6.13. The fourth-order valence-electron chi connectivity index (χ4n) is 2.33. The molecule has 2 rings (SSSR count). The Morgan fingerprint density at radius 2 is 2.21 bits per heavy atom. The number of hydrogen-bond acceptors (Lipinski definition) is 2. The van der Waals surface area contributed by atoms with E-state index in [1.807, 2.05) is 0 Å². The standard InChI is InChI=1S/C12H16F4N2O/c1-8-6-18(17-10(8)19-11(2,13)14)7-9-3-4-12(15,16)5-9/h6,9H,3-5,7H2,1-2H3.